The molecule has 1 aromatic rings. The molecule has 0 amide bonds. The Kier molecular flexibility index (Phi) is 4.80. The SMILES string of the molecule is CC(=O)O[C@H]1CC[C@@]2(C)C(=CC[C@H]3[C@H]2CC[C@]2(C)C(=O)/C(=C/c4ccnn4C)C[C@H]32)C1. The van der Waals surface area contributed by atoms with Gasteiger partial charge in [0.2, 0.25) is 0 Å². The number of nitrogens with zero attached hydrogens (tertiary/aromatic N) is 2. The highest BCUT2D eigenvalue weighted by atomic mass is 16.5. The van der Waals surface area contributed by atoms with Gasteiger partial charge >= 0.3 is 5.97 Å². The van der Waals surface area contributed by atoms with Gasteiger partial charge in [0.15, 0.2) is 5.78 Å². The maximum absolute atomic E-state index is 13.5. The van der Waals surface area contributed by atoms with E-state index in [1.807, 2.05) is 17.8 Å². The van der Waals surface area contributed by atoms with Gasteiger partial charge in [0.1, 0.15) is 6.10 Å². The molecule has 5 rings (SSSR count). The fourth-order valence-electron chi connectivity index (χ4n) is 7.47. The van der Waals surface area contributed by atoms with Crippen molar-refractivity contribution in [3.05, 3.63) is 35.2 Å². The predicted octanol–water partition coefficient (Wildman–Crippen LogP) is 4.88. The summed E-state index contributed by atoms with van der Waals surface area (Å²) in [7, 11) is 1.93. The van der Waals surface area contributed by atoms with Gasteiger partial charge in [-0.25, -0.2) is 0 Å². The van der Waals surface area contributed by atoms with Crippen LogP contribution in [0.5, 0.6) is 0 Å². The Morgan fingerprint density at radius 1 is 1.19 bits per heavy atom. The normalized spacial score (nSPS) is 40.7. The first-order chi connectivity index (χ1) is 14.7. The first-order valence-corrected chi connectivity index (χ1v) is 11.8. The molecule has 5 heteroatoms. The number of ketones is 1. The van der Waals surface area contributed by atoms with Gasteiger partial charge in [-0.05, 0) is 79.4 Å². The Hall–Kier alpha value is -2.17. The smallest absolute Gasteiger partial charge is 0.302 e. The Balaban J connectivity index is 1.43. The van der Waals surface area contributed by atoms with Crippen molar-refractivity contribution in [1.82, 2.24) is 9.78 Å². The Morgan fingerprint density at radius 2 is 1.97 bits per heavy atom. The molecule has 0 unspecified atom stereocenters. The number of ether oxygens (including phenoxy) is 1. The molecular formula is C26H34N2O3. The first kappa shape index (κ1) is 20.7. The maximum atomic E-state index is 13.5. The van der Waals surface area contributed by atoms with Gasteiger partial charge in [0.05, 0.1) is 5.69 Å². The fourth-order valence-corrected chi connectivity index (χ4v) is 7.47. The standard InChI is InChI=1S/C26H34N2O3/c1-16(29)31-20-7-10-25(2)18(15-20)5-6-21-22(25)8-11-26(3)23(21)14-17(24(26)30)13-19-9-12-27-28(19)4/h5,9,12-13,20-23H,6-8,10-11,14-15H2,1-4H3/b17-13+/t20-,21-,22+,23+,25-,26-/m0/s1. The van der Waals surface area contributed by atoms with Crippen molar-refractivity contribution in [2.75, 3.05) is 0 Å². The number of hydrogen-bond donors (Lipinski definition) is 0. The van der Waals surface area contributed by atoms with Crippen LogP contribution in [0.3, 0.4) is 0 Å². The number of allylic oxidation sites excluding steroid dienone is 2. The maximum Gasteiger partial charge on any atom is 0.302 e. The molecule has 4 aliphatic rings. The number of fused-ring (bicyclic) bond motifs is 5. The summed E-state index contributed by atoms with van der Waals surface area (Å²) in [6, 6.07) is 1.98. The second kappa shape index (κ2) is 7.18. The van der Waals surface area contributed by atoms with Gasteiger partial charge in [-0.1, -0.05) is 25.5 Å². The molecule has 0 saturated heterocycles. The van der Waals surface area contributed by atoms with E-state index >= 15 is 0 Å². The minimum absolute atomic E-state index is 0.0312. The van der Waals surface area contributed by atoms with E-state index in [0.29, 0.717) is 23.5 Å². The Labute approximate surface area is 184 Å². The third-order valence-corrected chi connectivity index (χ3v) is 9.21. The van der Waals surface area contributed by atoms with Crippen LogP contribution < -0.4 is 0 Å². The topological polar surface area (TPSA) is 61.2 Å². The molecule has 6 atom stereocenters. The number of carbonyl (C=O) groups excluding carboxylic acids is 2. The number of aryl methyl sites for hydroxylation is 1. The van der Waals surface area contributed by atoms with Gasteiger partial charge in [-0.2, -0.15) is 5.10 Å². The lowest BCUT2D eigenvalue weighted by atomic mass is 9.48. The lowest BCUT2D eigenvalue weighted by molar-refractivity contribution is -0.148. The molecule has 0 aromatic carbocycles. The highest BCUT2D eigenvalue weighted by molar-refractivity contribution is 6.05. The van der Waals surface area contributed by atoms with E-state index in [1.54, 1.807) is 6.20 Å². The number of carbonyl (C=O) groups is 2. The second-order valence-electron chi connectivity index (χ2n) is 10.8. The second-order valence-corrected chi connectivity index (χ2v) is 10.8. The van der Waals surface area contributed by atoms with Crippen LogP contribution in [0.4, 0.5) is 0 Å². The van der Waals surface area contributed by atoms with Gasteiger partial charge < -0.3 is 4.74 Å². The summed E-state index contributed by atoms with van der Waals surface area (Å²) in [5, 5.41) is 4.26. The monoisotopic (exact) mass is 422 g/mol. The van der Waals surface area contributed by atoms with Crippen LogP contribution in [0.25, 0.3) is 6.08 Å². The molecule has 0 bridgehead atoms. The van der Waals surface area contributed by atoms with Crippen molar-refractivity contribution >= 4 is 17.8 Å². The zero-order valence-corrected chi connectivity index (χ0v) is 19.2. The molecule has 5 nitrogen and oxygen atoms in total. The highest BCUT2D eigenvalue weighted by Gasteiger charge is 2.60. The van der Waals surface area contributed by atoms with E-state index in [1.165, 1.54) is 12.5 Å². The van der Waals surface area contributed by atoms with Gasteiger partial charge in [-0.3, -0.25) is 14.3 Å². The molecule has 0 aliphatic heterocycles. The summed E-state index contributed by atoms with van der Waals surface area (Å²) in [4.78, 5) is 25.0. The number of hydrogen-bond acceptors (Lipinski definition) is 4. The average molecular weight is 423 g/mol. The van der Waals surface area contributed by atoms with Crippen LogP contribution in [-0.2, 0) is 21.4 Å². The minimum Gasteiger partial charge on any atom is -0.462 e. The van der Waals surface area contributed by atoms with Crippen molar-refractivity contribution in [2.24, 2.45) is 35.6 Å². The summed E-state index contributed by atoms with van der Waals surface area (Å²) in [6.07, 6.45) is 13.3. The van der Waals surface area contributed by atoms with E-state index in [9.17, 15) is 9.59 Å². The predicted molar refractivity (Wildman–Crippen MR) is 119 cm³/mol. The summed E-state index contributed by atoms with van der Waals surface area (Å²) >= 11 is 0. The van der Waals surface area contributed by atoms with Gasteiger partial charge in [0, 0.05) is 32.0 Å². The average Bonchev–Trinajstić information content (AvgIpc) is 3.23. The molecule has 0 radical (unpaired) electrons. The van der Waals surface area contributed by atoms with Crippen molar-refractivity contribution in [3.8, 4) is 0 Å². The van der Waals surface area contributed by atoms with Crippen molar-refractivity contribution in [2.45, 2.75) is 71.8 Å². The van der Waals surface area contributed by atoms with Crippen LogP contribution in [0.1, 0.15) is 71.4 Å². The lowest BCUT2D eigenvalue weighted by Gasteiger charge is -2.56. The fraction of sp³-hybridized carbons (Fsp3) is 0.654. The molecule has 3 saturated carbocycles. The molecule has 3 fully saturated rings. The van der Waals surface area contributed by atoms with Crippen LogP contribution in [0.15, 0.2) is 29.5 Å². The number of aromatic nitrogens is 2. The molecule has 1 aromatic heterocycles. The Morgan fingerprint density at radius 3 is 2.68 bits per heavy atom. The molecule has 31 heavy (non-hydrogen) atoms. The van der Waals surface area contributed by atoms with Crippen LogP contribution in [-0.4, -0.2) is 27.6 Å². The van der Waals surface area contributed by atoms with Crippen LogP contribution in [0.2, 0.25) is 0 Å². The minimum atomic E-state index is -0.234. The number of Topliss-reactive ketones (excluding diaryl/α,β-unsaturated/α-hetero) is 1. The van der Waals surface area contributed by atoms with E-state index in [0.717, 1.165) is 56.2 Å². The lowest BCUT2D eigenvalue weighted by Crippen LogP contribution is -2.50. The largest absolute Gasteiger partial charge is 0.462 e. The summed E-state index contributed by atoms with van der Waals surface area (Å²) in [5.41, 5.74) is 3.42. The summed E-state index contributed by atoms with van der Waals surface area (Å²) in [6.45, 7) is 6.17. The number of rotatable bonds is 2. The quantitative estimate of drug-likeness (QED) is 0.387. The van der Waals surface area contributed by atoms with E-state index in [-0.39, 0.29) is 22.9 Å². The molecule has 0 spiro atoms. The summed E-state index contributed by atoms with van der Waals surface area (Å²) < 4.78 is 7.39. The third kappa shape index (κ3) is 3.15. The molecule has 4 aliphatic carbocycles. The molecule has 166 valence electrons. The van der Waals surface area contributed by atoms with Crippen LogP contribution in [0, 0.1) is 28.6 Å². The van der Waals surface area contributed by atoms with E-state index in [2.05, 4.69) is 31.1 Å². The highest BCUT2D eigenvalue weighted by Crippen LogP contribution is 2.64. The Bertz CT molecular complexity index is 989. The summed E-state index contributed by atoms with van der Waals surface area (Å²) in [5.74, 6) is 1.77. The zero-order valence-electron chi connectivity index (χ0n) is 19.2. The van der Waals surface area contributed by atoms with Crippen molar-refractivity contribution < 1.29 is 14.3 Å². The van der Waals surface area contributed by atoms with Crippen LogP contribution >= 0.6 is 0 Å². The third-order valence-electron chi connectivity index (χ3n) is 9.21. The number of esters is 1. The first-order valence-electron chi connectivity index (χ1n) is 11.8. The van der Waals surface area contributed by atoms with Gasteiger partial charge in [-0.15, -0.1) is 0 Å². The zero-order chi connectivity index (χ0) is 22.0. The van der Waals surface area contributed by atoms with E-state index < -0.39 is 0 Å². The molecule has 0 N–H and O–H groups in total. The van der Waals surface area contributed by atoms with Crippen molar-refractivity contribution in [3.63, 3.8) is 0 Å². The van der Waals surface area contributed by atoms with Crippen molar-refractivity contribution in [1.29, 1.82) is 0 Å². The van der Waals surface area contributed by atoms with E-state index in [4.69, 9.17) is 4.74 Å². The molecule has 1 heterocycles. The molecular weight excluding hydrogens is 388 g/mol. The van der Waals surface area contributed by atoms with Gasteiger partial charge in [0.25, 0.3) is 0 Å².